The van der Waals surface area contributed by atoms with Gasteiger partial charge in [0.25, 0.3) is 0 Å². The number of aryl methyl sites for hydroxylation is 1. The molecular weight excluding hydrogens is 394 g/mol. The van der Waals surface area contributed by atoms with Crippen molar-refractivity contribution in [3.63, 3.8) is 0 Å². The number of hydrogen-bond acceptors (Lipinski definition) is 6. The molecule has 154 valence electrons. The summed E-state index contributed by atoms with van der Waals surface area (Å²) in [4.78, 5) is 4.72. The third-order valence-corrected chi connectivity index (χ3v) is 5.05. The number of nitrogens with zero attached hydrogens (tertiary/aromatic N) is 6. The zero-order valence-electron chi connectivity index (χ0n) is 17.2. The van der Waals surface area contributed by atoms with Crippen molar-refractivity contribution >= 4 is 12.6 Å². The highest BCUT2D eigenvalue weighted by Gasteiger charge is 2.13. The van der Waals surface area contributed by atoms with Gasteiger partial charge in [0, 0.05) is 18.4 Å². The first-order valence-electron chi connectivity index (χ1n) is 10.1. The molecule has 7 nitrogen and oxygen atoms in total. The average Bonchev–Trinajstić information content (AvgIpc) is 3.39. The lowest BCUT2D eigenvalue weighted by molar-refractivity contribution is 0.562. The van der Waals surface area contributed by atoms with E-state index in [0.29, 0.717) is 18.3 Å². The van der Waals surface area contributed by atoms with Crippen LogP contribution in [0, 0.1) is 5.92 Å². The van der Waals surface area contributed by atoms with Gasteiger partial charge in [0.15, 0.2) is 5.82 Å². The summed E-state index contributed by atoms with van der Waals surface area (Å²) in [7, 11) is 0. The Morgan fingerprint density at radius 2 is 1.80 bits per heavy atom. The summed E-state index contributed by atoms with van der Waals surface area (Å²) in [5.74, 6) is 3.77. The van der Waals surface area contributed by atoms with Gasteiger partial charge in [-0.2, -0.15) is 22.9 Å². The van der Waals surface area contributed by atoms with Gasteiger partial charge in [0.2, 0.25) is 5.82 Å². The zero-order valence-corrected chi connectivity index (χ0v) is 18.0. The molecule has 0 fully saturated rings. The average molecular weight is 420 g/mol. The lowest BCUT2D eigenvalue weighted by Crippen LogP contribution is -2.09. The summed E-state index contributed by atoms with van der Waals surface area (Å²) in [6.07, 6.45) is 1.70. The van der Waals surface area contributed by atoms with Crippen molar-refractivity contribution in [3.05, 3.63) is 65.7 Å². The van der Waals surface area contributed by atoms with Gasteiger partial charge in [-0.15, -0.1) is 10.2 Å². The molecule has 30 heavy (non-hydrogen) atoms. The predicted octanol–water partition coefficient (Wildman–Crippen LogP) is 3.84. The van der Waals surface area contributed by atoms with Crippen LogP contribution < -0.4 is 0 Å². The van der Waals surface area contributed by atoms with Crippen LogP contribution in [0.5, 0.6) is 0 Å². The molecule has 0 atom stereocenters. The molecule has 0 saturated carbocycles. The Bertz CT molecular complexity index is 1090. The summed E-state index contributed by atoms with van der Waals surface area (Å²) in [6.45, 7) is 5.11. The molecule has 0 aliphatic rings. The number of nitrogens with one attached hydrogen (secondary N) is 1. The molecule has 2 aromatic carbocycles. The van der Waals surface area contributed by atoms with Gasteiger partial charge in [-0.05, 0) is 33.6 Å². The van der Waals surface area contributed by atoms with Crippen LogP contribution in [0.4, 0.5) is 0 Å². The van der Waals surface area contributed by atoms with Crippen molar-refractivity contribution in [1.29, 1.82) is 0 Å². The van der Waals surface area contributed by atoms with Crippen LogP contribution in [0.3, 0.4) is 0 Å². The molecule has 2 heterocycles. The largest absolute Gasteiger partial charge is 0.245 e. The first-order valence-corrected chi connectivity index (χ1v) is 10.7. The zero-order chi connectivity index (χ0) is 20.9. The van der Waals surface area contributed by atoms with E-state index < -0.39 is 0 Å². The van der Waals surface area contributed by atoms with Gasteiger partial charge in [-0.25, -0.2) is 9.67 Å². The Kier molecular flexibility index (Phi) is 6.23. The van der Waals surface area contributed by atoms with E-state index in [9.17, 15) is 0 Å². The summed E-state index contributed by atoms with van der Waals surface area (Å²) in [5.41, 5.74) is 4.31. The highest BCUT2D eigenvalue weighted by Crippen LogP contribution is 2.29. The van der Waals surface area contributed by atoms with Crippen LogP contribution >= 0.6 is 12.6 Å². The molecule has 0 radical (unpaired) electrons. The number of benzene rings is 2. The lowest BCUT2D eigenvalue weighted by atomic mass is 9.98. The highest BCUT2D eigenvalue weighted by atomic mass is 32.1. The van der Waals surface area contributed by atoms with Crippen LogP contribution in [0.2, 0.25) is 0 Å². The van der Waals surface area contributed by atoms with Gasteiger partial charge in [-0.1, -0.05) is 62.4 Å². The second-order valence-electron chi connectivity index (χ2n) is 7.65. The van der Waals surface area contributed by atoms with Crippen LogP contribution in [-0.4, -0.2) is 41.1 Å². The molecule has 4 rings (SSSR count). The third kappa shape index (κ3) is 4.59. The first-order chi connectivity index (χ1) is 14.6. The van der Waals surface area contributed by atoms with Crippen molar-refractivity contribution in [2.45, 2.75) is 33.2 Å². The van der Waals surface area contributed by atoms with Crippen molar-refractivity contribution in [2.24, 2.45) is 5.92 Å². The van der Waals surface area contributed by atoms with Gasteiger partial charge < -0.3 is 0 Å². The number of H-pyrrole nitrogens is 1. The molecule has 0 saturated heterocycles. The predicted molar refractivity (Wildman–Crippen MR) is 120 cm³/mol. The molecule has 0 aliphatic carbocycles. The normalized spacial score (nSPS) is 11.3. The number of aromatic amines is 1. The van der Waals surface area contributed by atoms with Gasteiger partial charge >= 0.3 is 0 Å². The maximum absolute atomic E-state index is 4.72. The minimum absolute atomic E-state index is 0.529. The van der Waals surface area contributed by atoms with Gasteiger partial charge in [-0.3, -0.25) is 0 Å². The number of thiol groups is 1. The van der Waals surface area contributed by atoms with Gasteiger partial charge in [0.05, 0.1) is 6.54 Å². The molecule has 2 aromatic heterocycles. The van der Waals surface area contributed by atoms with E-state index in [1.807, 2.05) is 22.9 Å². The van der Waals surface area contributed by atoms with E-state index in [1.54, 1.807) is 0 Å². The SMILES string of the molecule is CC(C)Cc1nc(CCS)nn1Cc1ccc(-c2ccccc2-c2nn[nH]n2)cc1. The first kappa shape index (κ1) is 20.3. The Hall–Kier alpha value is -3.00. The second kappa shape index (κ2) is 9.21. The highest BCUT2D eigenvalue weighted by molar-refractivity contribution is 7.80. The molecule has 0 aliphatic heterocycles. The maximum Gasteiger partial charge on any atom is 0.205 e. The van der Waals surface area contributed by atoms with Crippen LogP contribution in [0.15, 0.2) is 48.5 Å². The number of tetrazole rings is 1. The van der Waals surface area contributed by atoms with Crippen LogP contribution in [0.1, 0.15) is 31.1 Å². The van der Waals surface area contributed by atoms with E-state index in [2.05, 4.69) is 77.4 Å². The van der Waals surface area contributed by atoms with Gasteiger partial charge in [0.1, 0.15) is 5.82 Å². The molecular formula is C22H25N7S. The lowest BCUT2D eigenvalue weighted by Gasteiger charge is -2.10. The smallest absolute Gasteiger partial charge is 0.205 e. The number of hydrogen-bond donors (Lipinski definition) is 2. The summed E-state index contributed by atoms with van der Waals surface area (Å²) in [6, 6.07) is 16.6. The van der Waals surface area contributed by atoms with Crippen molar-refractivity contribution in [3.8, 4) is 22.5 Å². The fourth-order valence-corrected chi connectivity index (χ4v) is 3.64. The Balaban J connectivity index is 1.59. The minimum atomic E-state index is 0.529. The van der Waals surface area contributed by atoms with E-state index in [1.165, 1.54) is 5.56 Å². The molecule has 8 heteroatoms. The number of rotatable bonds is 8. The third-order valence-electron chi connectivity index (χ3n) is 4.83. The molecule has 0 spiro atoms. The van der Waals surface area contributed by atoms with Crippen LogP contribution in [0.25, 0.3) is 22.5 Å². The summed E-state index contributed by atoms with van der Waals surface area (Å²) >= 11 is 4.32. The molecule has 1 N–H and O–H groups in total. The Labute approximate surface area is 181 Å². The number of aromatic nitrogens is 7. The van der Waals surface area contributed by atoms with Crippen LogP contribution in [-0.2, 0) is 19.4 Å². The van der Waals surface area contributed by atoms with E-state index in [0.717, 1.165) is 46.9 Å². The Morgan fingerprint density at radius 3 is 2.47 bits per heavy atom. The molecule has 0 unspecified atom stereocenters. The van der Waals surface area contributed by atoms with Crippen molar-refractivity contribution < 1.29 is 0 Å². The monoisotopic (exact) mass is 419 g/mol. The summed E-state index contributed by atoms with van der Waals surface area (Å²) in [5, 5.41) is 19.2. The van der Waals surface area contributed by atoms with E-state index >= 15 is 0 Å². The second-order valence-corrected chi connectivity index (χ2v) is 8.10. The fraction of sp³-hybridized carbons (Fsp3) is 0.318. The Morgan fingerprint density at radius 1 is 1.03 bits per heavy atom. The maximum atomic E-state index is 4.72. The topological polar surface area (TPSA) is 85.2 Å². The summed E-state index contributed by atoms with van der Waals surface area (Å²) < 4.78 is 2.03. The van der Waals surface area contributed by atoms with E-state index in [-0.39, 0.29) is 0 Å². The molecule has 4 aromatic rings. The quantitative estimate of drug-likeness (QED) is 0.424. The fourth-order valence-electron chi connectivity index (χ4n) is 3.44. The van der Waals surface area contributed by atoms with E-state index in [4.69, 9.17) is 10.1 Å². The standard InChI is InChI=1S/C22H25N7S/c1-15(2)13-21-23-20(11-12-30)26-29(21)14-16-7-9-17(10-8-16)18-5-3-4-6-19(18)22-24-27-28-25-22/h3-10,15,30H,11-14H2,1-2H3,(H,24,25,27,28). The molecule has 0 amide bonds. The van der Waals surface area contributed by atoms with Crippen molar-refractivity contribution in [2.75, 3.05) is 5.75 Å². The molecule has 0 bridgehead atoms. The van der Waals surface area contributed by atoms with Crippen molar-refractivity contribution in [1.82, 2.24) is 35.4 Å². The minimum Gasteiger partial charge on any atom is -0.245 e.